The number of carbonyl (C=O) groups excluding carboxylic acids is 1. The minimum absolute atomic E-state index is 0.354. The van der Waals surface area contributed by atoms with Crippen LogP contribution in [0.4, 0.5) is 0 Å². The van der Waals surface area contributed by atoms with E-state index in [1.54, 1.807) is 25.1 Å². The van der Waals surface area contributed by atoms with Crippen molar-refractivity contribution < 1.29 is 14.6 Å². The van der Waals surface area contributed by atoms with E-state index < -0.39 is 6.10 Å². The second kappa shape index (κ2) is 3.27. The average molecular weight is 190 g/mol. The number of cyclic esters (lactones) is 1. The first kappa shape index (κ1) is 8.97. The third-order valence-corrected chi connectivity index (χ3v) is 2.01. The van der Waals surface area contributed by atoms with Crippen LogP contribution in [0.15, 0.2) is 30.3 Å². The van der Waals surface area contributed by atoms with Crippen molar-refractivity contribution in [3.8, 4) is 0 Å². The van der Waals surface area contributed by atoms with E-state index in [1.807, 2.05) is 6.07 Å². The molecule has 0 spiro atoms. The molecule has 0 saturated carbocycles. The molecule has 3 nitrogen and oxygen atoms in total. The SMILES string of the molecule is C[C@@H](O)/C=C1\OC(=O)c2ccccc21. The normalized spacial score (nSPS) is 19.3. The Bertz CT molecular complexity index is 405. The number of rotatable bonds is 1. The van der Waals surface area contributed by atoms with Crippen LogP contribution in [-0.2, 0) is 4.74 Å². The van der Waals surface area contributed by atoms with Crippen LogP contribution in [0.1, 0.15) is 22.8 Å². The Morgan fingerprint density at radius 2 is 2.00 bits per heavy atom. The van der Waals surface area contributed by atoms with Crippen LogP contribution in [0.5, 0.6) is 0 Å². The largest absolute Gasteiger partial charge is 0.422 e. The van der Waals surface area contributed by atoms with Gasteiger partial charge >= 0.3 is 5.97 Å². The number of carbonyl (C=O) groups is 1. The highest BCUT2D eigenvalue weighted by atomic mass is 16.5. The van der Waals surface area contributed by atoms with Crippen LogP contribution < -0.4 is 0 Å². The maximum atomic E-state index is 11.3. The molecule has 14 heavy (non-hydrogen) atoms. The minimum Gasteiger partial charge on any atom is -0.422 e. The van der Waals surface area contributed by atoms with Crippen molar-refractivity contribution in [1.29, 1.82) is 0 Å². The average Bonchev–Trinajstić information content (AvgIpc) is 2.44. The molecule has 1 aromatic rings. The predicted octanol–water partition coefficient (Wildman–Crippen LogP) is 1.58. The van der Waals surface area contributed by atoms with E-state index in [1.165, 1.54) is 6.08 Å². The van der Waals surface area contributed by atoms with Gasteiger partial charge < -0.3 is 9.84 Å². The van der Waals surface area contributed by atoms with Gasteiger partial charge in [-0.15, -0.1) is 0 Å². The Labute approximate surface area is 81.6 Å². The number of esters is 1. The van der Waals surface area contributed by atoms with Crippen LogP contribution in [0.2, 0.25) is 0 Å². The lowest BCUT2D eigenvalue weighted by atomic mass is 10.1. The van der Waals surface area contributed by atoms with Crippen molar-refractivity contribution in [2.24, 2.45) is 0 Å². The van der Waals surface area contributed by atoms with Crippen LogP contribution >= 0.6 is 0 Å². The van der Waals surface area contributed by atoms with Crippen molar-refractivity contribution in [2.75, 3.05) is 0 Å². The van der Waals surface area contributed by atoms with Crippen LogP contribution in [0.3, 0.4) is 0 Å². The summed E-state index contributed by atoms with van der Waals surface area (Å²) in [6.45, 7) is 1.61. The molecule has 1 aromatic carbocycles. The van der Waals surface area contributed by atoms with Crippen molar-refractivity contribution in [3.63, 3.8) is 0 Å². The van der Waals surface area contributed by atoms with E-state index in [0.717, 1.165) is 5.56 Å². The molecule has 0 fully saturated rings. The molecule has 2 rings (SSSR count). The first-order chi connectivity index (χ1) is 6.68. The van der Waals surface area contributed by atoms with Gasteiger partial charge in [0.1, 0.15) is 5.76 Å². The molecule has 0 bridgehead atoms. The van der Waals surface area contributed by atoms with E-state index in [-0.39, 0.29) is 5.97 Å². The van der Waals surface area contributed by atoms with E-state index in [2.05, 4.69) is 0 Å². The molecule has 0 amide bonds. The smallest absolute Gasteiger partial charge is 0.344 e. The Hall–Kier alpha value is -1.61. The number of hydrogen-bond acceptors (Lipinski definition) is 3. The number of hydrogen-bond donors (Lipinski definition) is 1. The predicted molar refractivity (Wildman–Crippen MR) is 51.5 cm³/mol. The van der Waals surface area contributed by atoms with Gasteiger partial charge in [0, 0.05) is 5.56 Å². The van der Waals surface area contributed by atoms with Crippen molar-refractivity contribution in [1.82, 2.24) is 0 Å². The fourth-order valence-corrected chi connectivity index (χ4v) is 1.43. The van der Waals surface area contributed by atoms with Gasteiger partial charge in [0.25, 0.3) is 0 Å². The van der Waals surface area contributed by atoms with Crippen LogP contribution in [-0.4, -0.2) is 17.2 Å². The highest BCUT2D eigenvalue weighted by Crippen LogP contribution is 2.29. The van der Waals surface area contributed by atoms with Crippen molar-refractivity contribution in [2.45, 2.75) is 13.0 Å². The van der Waals surface area contributed by atoms with E-state index >= 15 is 0 Å². The Morgan fingerprint density at radius 3 is 2.64 bits per heavy atom. The molecule has 0 saturated heterocycles. The second-order valence-electron chi connectivity index (χ2n) is 3.21. The summed E-state index contributed by atoms with van der Waals surface area (Å²) in [6.07, 6.45) is 0.896. The second-order valence-corrected chi connectivity index (χ2v) is 3.21. The van der Waals surface area contributed by atoms with Gasteiger partial charge in [-0.25, -0.2) is 4.79 Å². The standard InChI is InChI=1S/C11H10O3/c1-7(12)6-10-8-4-2-3-5-9(8)11(13)14-10/h2-7,12H,1H3/b10-6-/t7-/m1/s1. The lowest BCUT2D eigenvalue weighted by Gasteiger charge is -1.99. The molecule has 1 heterocycles. The molecular formula is C11H10O3. The molecular weight excluding hydrogens is 180 g/mol. The summed E-state index contributed by atoms with van der Waals surface area (Å²) in [5.41, 5.74) is 1.30. The Kier molecular flexibility index (Phi) is 2.09. The number of fused-ring (bicyclic) bond motifs is 1. The quantitative estimate of drug-likeness (QED) is 0.684. The van der Waals surface area contributed by atoms with Gasteiger partial charge in [0.2, 0.25) is 0 Å². The lowest BCUT2D eigenvalue weighted by molar-refractivity contribution is 0.0714. The lowest BCUT2D eigenvalue weighted by Crippen LogP contribution is -1.96. The molecule has 0 unspecified atom stereocenters. The summed E-state index contributed by atoms with van der Waals surface area (Å²) in [5, 5.41) is 9.16. The number of benzene rings is 1. The van der Waals surface area contributed by atoms with Gasteiger partial charge in [-0.2, -0.15) is 0 Å². The molecule has 0 radical (unpaired) electrons. The van der Waals surface area contributed by atoms with Gasteiger partial charge in [0.15, 0.2) is 0 Å². The molecule has 1 aliphatic heterocycles. The Balaban J connectivity index is 2.49. The molecule has 0 aromatic heterocycles. The summed E-state index contributed by atoms with van der Waals surface area (Å²) in [6, 6.07) is 7.12. The number of ether oxygens (including phenoxy) is 1. The zero-order valence-electron chi connectivity index (χ0n) is 7.73. The molecule has 1 N–H and O–H groups in total. The highest BCUT2D eigenvalue weighted by molar-refractivity contribution is 6.02. The van der Waals surface area contributed by atoms with Gasteiger partial charge in [-0.1, -0.05) is 18.2 Å². The Morgan fingerprint density at radius 1 is 1.36 bits per heavy atom. The van der Waals surface area contributed by atoms with Crippen molar-refractivity contribution in [3.05, 3.63) is 41.5 Å². The number of aliphatic hydroxyl groups is 1. The minimum atomic E-state index is -0.621. The molecule has 72 valence electrons. The van der Waals surface area contributed by atoms with E-state index in [4.69, 9.17) is 9.84 Å². The molecule has 3 heteroatoms. The monoisotopic (exact) mass is 190 g/mol. The van der Waals surface area contributed by atoms with Crippen molar-refractivity contribution >= 4 is 11.7 Å². The number of aliphatic hydroxyl groups excluding tert-OH is 1. The van der Waals surface area contributed by atoms with Gasteiger partial charge in [-0.3, -0.25) is 0 Å². The summed E-state index contributed by atoms with van der Waals surface area (Å²) >= 11 is 0. The maximum Gasteiger partial charge on any atom is 0.344 e. The van der Waals surface area contributed by atoms with Crippen LogP contribution in [0.25, 0.3) is 5.76 Å². The first-order valence-corrected chi connectivity index (χ1v) is 4.40. The summed E-state index contributed by atoms with van der Waals surface area (Å²) < 4.78 is 5.00. The maximum absolute atomic E-state index is 11.3. The topological polar surface area (TPSA) is 46.5 Å². The van der Waals surface area contributed by atoms with E-state index in [0.29, 0.717) is 11.3 Å². The van der Waals surface area contributed by atoms with Crippen LogP contribution in [0, 0.1) is 0 Å². The third kappa shape index (κ3) is 1.42. The van der Waals surface area contributed by atoms with E-state index in [9.17, 15) is 4.79 Å². The fourth-order valence-electron chi connectivity index (χ4n) is 1.43. The molecule has 1 atom stereocenters. The summed E-state index contributed by atoms with van der Waals surface area (Å²) in [4.78, 5) is 11.3. The molecule has 0 aliphatic carbocycles. The third-order valence-electron chi connectivity index (χ3n) is 2.01. The zero-order valence-corrected chi connectivity index (χ0v) is 7.73. The first-order valence-electron chi connectivity index (χ1n) is 4.40. The fraction of sp³-hybridized carbons (Fsp3) is 0.182. The van der Waals surface area contributed by atoms with Gasteiger partial charge in [0.05, 0.1) is 11.7 Å². The summed E-state index contributed by atoms with van der Waals surface area (Å²) in [7, 11) is 0. The zero-order chi connectivity index (χ0) is 10.1. The van der Waals surface area contributed by atoms with Gasteiger partial charge in [-0.05, 0) is 19.1 Å². The molecule has 1 aliphatic rings. The summed E-state index contributed by atoms with van der Waals surface area (Å²) in [5.74, 6) is 0.0908. The highest BCUT2D eigenvalue weighted by Gasteiger charge is 2.25.